The van der Waals surface area contributed by atoms with Gasteiger partial charge in [0, 0.05) is 19.4 Å². The molecular weight excluding hydrogens is 340 g/mol. The zero-order chi connectivity index (χ0) is 19.3. The molecule has 1 unspecified atom stereocenters. The first kappa shape index (κ1) is 19.1. The minimum Gasteiger partial charge on any atom is -0.367 e. The number of morpholine rings is 1. The molecule has 1 fully saturated rings. The number of rotatable bonds is 6. The van der Waals surface area contributed by atoms with Gasteiger partial charge >= 0.3 is 0 Å². The van der Waals surface area contributed by atoms with Gasteiger partial charge in [-0.15, -0.1) is 0 Å². The van der Waals surface area contributed by atoms with Gasteiger partial charge in [-0.25, -0.2) is 0 Å². The van der Waals surface area contributed by atoms with Crippen molar-refractivity contribution < 1.29 is 14.3 Å². The molecule has 2 aromatic rings. The first-order chi connectivity index (χ1) is 13.0. The van der Waals surface area contributed by atoms with Crippen molar-refractivity contribution >= 4 is 11.8 Å². The second-order valence-electron chi connectivity index (χ2n) is 7.01. The van der Waals surface area contributed by atoms with E-state index >= 15 is 0 Å². The lowest BCUT2D eigenvalue weighted by Gasteiger charge is -2.40. The summed E-state index contributed by atoms with van der Waals surface area (Å²) in [6, 6.07) is 18.1. The van der Waals surface area contributed by atoms with Crippen LogP contribution in [0.3, 0.4) is 0 Å². The largest absolute Gasteiger partial charge is 0.367 e. The van der Waals surface area contributed by atoms with E-state index in [-0.39, 0.29) is 12.5 Å². The quantitative estimate of drug-likeness (QED) is 0.854. The van der Waals surface area contributed by atoms with Crippen LogP contribution < -0.4 is 5.73 Å². The number of carbonyl (C=O) groups excluding carboxylic acids is 2. The van der Waals surface area contributed by atoms with Crippen LogP contribution in [0.2, 0.25) is 0 Å². The van der Waals surface area contributed by atoms with Gasteiger partial charge in [-0.2, -0.15) is 0 Å². The van der Waals surface area contributed by atoms with Crippen LogP contribution in [0.15, 0.2) is 54.6 Å². The lowest BCUT2D eigenvalue weighted by molar-refractivity contribution is -0.163. The molecule has 5 heteroatoms. The molecule has 0 aromatic heterocycles. The van der Waals surface area contributed by atoms with Gasteiger partial charge in [-0.3, -0.25) is 9.59 Å². The van der Waals surface area contributed by atoms with E-state index in [9.17, 15) is 9.59 Å². The molecule has 3 rings (SSSR count). The maximum atomic E-state index is 12.3. The molecule has 2 amide bonds. The Morgan fingerprint density at radius 2 is 1.74 bits per heavy atom. The molecule has 2 aromatic carbocycles. The van der Waals surface area contributed by atoms with Crippen molar-refractivity contribution in [3.8, 4) is 11.1 Å². The van der Waals surface area contributed by atoms with Crippen LogP contribution in [0, 0.1) is 0 Å². The van der Waals surface area contributed by atoms with Crippen LogP contribution in [0.25, 0.3) is 11.1 Å². The van der Waals surface area contributed by atoms with Crippen molar-refractivity contribution in [3.05, 3.63) is 60.2 Å². The van der Waals surface area contributed by atoms with Crippen molar-refractivity contribution in [2.45, 2.75) is 31.8 Å². The number of carbonyl (C=O) groups is 2. The summed E-state index contributed by atoms with van der Waals surface area (Å²) < 4.78 is 5.84. The molecule has 0 aliphatic carbocycles. The molecule has 0 radical (unpaired) electrons. The molecule has 142 valence electrons. The summed E-state index contributed by atoms with van der Waals surface area (Å²) in [7, 11) is 0. The van der Waals surface area contributed by atoms with E-state index in [0.717, 1.165) is 23.1 Å². The molecule has 0 bridgehead atoms. The monoisotopic (exact) mass is 366 g/mol. The number of nitrogens with zero attached hydrogens (tertiary/aromatic N) is 1. The number of ether oxygens (including phenoxy) is 1. The highest BCUT2D eigenvalue weighted by Crippen LogP contribution is 2.26. The zero-order valence-corrected chi connectivity index (χ0v) is 15.7. The van der Waals surface area contributed by atoms with E-state index in [0.29, 0.717) is 26.0 Å². The predicted molar refractivity (Wildman–Crippen MR) is 105 cm³/mol. The zero-order valence-electron chi connectivity index (χ0n) is 15.7. The van der Waals surface area contributed by atoms with Gasteiger partial charge in [0.1, 0.15) is 0 Å². The molecule has 1 atom stereocenters. The number of primary amides is 1. The Morgan fingerprint density at radius 3 is 2.37 bits per heavy atom. The molecule has 0 saturated carbocycles. The normalized spacial score (nSPS) is 19.7. The van der Waals surface area contributed by atoms with Gasteiger partial charge in [-0.05, 0) is 23.1 Å². The second-order valence-corrected chi connectivity index (χ2v) is 7.01. The molecule has 1 aliphatic rings. The summed E-state index contributed by atoms with van der Waals surface area (Å²) in [4.78, 5) is 26.2. The van der Waals surface area contributed by atoms with Crippen molar-refractivity contribution in [3.63, 3.8) is 0 Å². The second kappa shape index (κ2) is 8.35. The Bertz CT molecular complexity index is 789. The highest BCUT2D eigenvalue weighted by Gasteiger charge is 2.43. The minimum atomic E-state index is -1.17. The highest BCUT2D eigenvalue weighted by molar-refractivity contribution is 5.86. The van der Waals surface area contributed by atoms with Gasteiger partial charge in [0.05, 0.1) is 13.2 Å². The Morgan fingerprint density at radius 1 is 1.07 bits per heavy atom. The highest BCUT2D eigenvalue weighted by atomic mass is 16.5. The lowest BCUT2D eigenvalue weighted by atomic mass is 9.90. The molecule has 0 spiro atoms. The van der Waals surface area contributed by atoms with Crippen molar-refractivity contribution in [1.82, 2.24) is 4.90 Å². The first-order valence-electron chi connectivity index (χ1n) is 9.40. The van der Waals surface area contributed by atoms with Crippen LogP contribution in [0.5, 0.6) is 0 Å². The van der Waals surface area contributed by atoms with E-state index in [2.05, 4.69) is 12.1 Å². The molecule has 1 heterocycles. The number of nitrogens with two attached hydrogens (primary N) is 1. The molecule has 5 nitrogen and oxygen atoms in total. The van der Waals surface area contributed by atoms with E-state index in [4.69, 9.17) is 10.5 Å². The van der Waals surface area contributed by atoms with Crippen LogP contribution >= 0.6 is 0 Å². The van der Waals surface area contributed by atoms with E-state index in [1.807, 2.05) is 49.4 Å². The SMILES string of the molecule is CCCC(=O)N1CCOC(Cc2ccc(-c3ccccc3)cc2)(C(N)=O)C1. The standard InChI is InChI=1S/C22H26N2O3/c1-2-6-20(25)24-13-14-27-22(16-24,21(23)26)15-17-9-11-19(12-10-17)18-7-4-3-5-8-18/h3-5,7-12H,2,6,13-16H2,1H3,(H2,23,26). The number of benzene rings is 2. The molecule has 2 N–H and O–H groups in total. The van der Waals surface area contributed by atoms with E-state index < -0.39 is 11.5 Å². The average Bonchev–Trinajstić information content (AvgIpc) is 2.69. The molecule has 1 aliphatic heterocycles. The fourth-order valence-corrected chi connectivity index (χ4v) is 3.49. The molecule has 27 heavy (non-hydrogen) atoms. The maximum absolute atomic E-state index is 12.3. The van der Waals surface area contributed by atoms with Crippen molar-refractivity contribution in [2.24, 2.45) is 5.73 Å². The smallest absolute Gasteiger partial charge is 0.251 e. The minimum absolute atomic E-state index is 0.0471. The number of hydrogen-bond donors (Lipinski definition) is 1. The topological polar surface area (TPSA) is 72.6 Å². The third-order valence-electron chi connectivity index (χ3n) is 5.00. The summed E-state index contributed by atoms with van der Waals surface area (Å²) in [5, 5.41) is 0. The Kier molecular flexibility index (Phi) is 5.91. The summed E-state index contributed by atoms with van der Waals surface area (Å²) in [5.74, 6) is -0.477. The fraction of sp³-hybridized carbons (Fsp3) is 0.364. The van der Waals surface area contributed by atoms with Crippen LogP contribution in [-0.2, 0) is 20.7 Å². The summed E-state index contributed by atoms with van der Waals surface area (Å²) in [6.07, 6.45) is 1.61. The predicted octanol–water partition coefficient (Wildman–Crippen LogP) is 2.78. The van der Waals surface area contributed by atoms with Crippen molar-refractivity contribution in [2.75, 3.05) is 19.7 Å². The lowest BCUT2D eigenvalue weighted by Crippen LogP contribution is -2.61. The van der Waals surface area contributed by atoms with Gasteiger partial charge < -0.3 is 15.4 Å². The van der Waals surface area contributed by atoms with Gasteiger partial charge in [0.15, 0.2) is 5.60 Å². The summed E-state index contributed by atoms with van der Waals surface area (Å²) in [5.41, 5.74) is 7.74. The van der Waals surface area contributed by atoms with Crippen molar-refractivity contribution in [1.29, 1.82) is 0 Å². The van der Waals surface area contributed by atoms with E-state index in [1.54, 1.807) is 4.90 Å². The third-order valence-corrected chi connectivity index (χ3v) is 5.00. The number of hydrogen-bond acceptors (Lipinski definition) is 3. The number of amides is 2. The Hall–Kier alpha value is -2.66. The van der Waals surface area contributed by atoms with Gasteiger partial charge in [0.25, 0.3) is 5.91 Å². The van der Waals surface area contributed by atoms with Crippen LogP contribution in [0.1, 0.15) is 25.3 Å². The first-order valence-corrected chi connectivity index (χ1v) is 9.40. The Balaban J connectivity index is 1.78. The van der Waals surface area contributed by atoms with Crippen LogP contribution in [0.4, 0.5) is 0 Å². The van der Waals surface area contributed by atoms with Gasteiger partial charge in [0.2, 0.25) is 5.91 Å². The summed E-state index contributed by atoms with van der Waals surface area (Å²) >= 11 is 0. The molecule has 1 saturated heterocycles. The fourth-order valence-electron chi connectivity index (χ4n) is 3.49. The molecular formula is C22H26N2O3. The third kappa shape index (κ3) is 4.37. The summed E-state index contributed by atoms with van der Waals surface area (Å²) in [6.45, 7) is 3.00. The van der Waals surface area contributed by atoms with E-state index in [1.165, 1.54) is 0 Å². The Labute approximate surface area is 160 Å². The van der Waals surface area contributed by atoms with Gasteiger partial charge in [-0.1, -0.05) is 61.5 Å². The average molecular weight is 366 g/mol. The van der Waals surface area contributed by atoms with Crippen LogP contribution in [-0.4, -0.2) is 42.0 Å². The maximum Gasteiger partial charge on any atom is 0.251 e.